The number of aromatic carboxylic acids is 1. The average Bonchev–Trinajstić information content (AvgIpc) is 2.84. The molecular formula is C11H12N4O4S. The van der Waals surface area contributed by atoms with Crippen LogP contribution < -0.4 is 4.72 Å². The van der Waals surface area contributed by atoms with Crippen LogP contribution in [0.25, 0.3) is 0 Å². The number of carboxylic acid groups (broad SMARTS) is 1. The van der Waals surface area contributed by atoms with Crippen molar-refractivity contribution < 1.29 is 18.3 Å². The van der Waals surface area contributed by atoms with Gasteiger partial charge in [-0.3, -0.25) is 4.68 Å². The summed E-state index contributed by atoms with van der Waals surface area (Å²) in [5, 5.41) is 12.5. The van der Waals surface area contributed by atoms with Gasteiger partial charge in [0.25, 0.3) is 0 Å². The summed E-state index contributed by atoms with van der Waals surface area (Å²) in [6.07, 6.45) is 3.94. The molecule has 0 bridgehead atoms. The molecule has 0 saturated heterocycles. The molecule has 0 unspecified atom stereocenters. The third-order valence-corrected chi connectivity index (χ3v) is 3.86. The van der Waals surface area contributed by atoms with Crippen LogP contribution in [-0.4, -0.2) is 34.3 Å². The van der Waals surface area contributed by atoms with Crippen LogP contribution in [0.3, 0.4) is 0 Å². The number of aromatic nitrogens is 3. The Morgan fingerprint density at radius 1 is 1.40 bits per heavy atom. The van der Waals surface area contributed by atoms with Gasteiger partial charge < -0.3 is 5.11 Å². The van der Waals surface area contributed by atoms with Crippen molar-refractivity contribution in [2.45, 2.75) is 11.4 Å². The number of pyridine rings is 1. The number of carboxylic acids is 1. The van der Waals surface area contributed by atoms with Gasteiger partial charge in [0.1, 0.15) is 10.6 Å². The maximum atomic E-state index is 11.9. The predicted octanol–water partition coefficient (Wildman–Crippen LogP) is -0.00820. The number of hydrogen-bond donors (Lipinski definition) is 2. The molecule has 2 N–H and O–H groups in total. The molecule has 2 heterocycles. The van der Waals surface area contributed by atoms with Gasteiger partial charge in [0.2, 0.25) is 10.0 Å². The molecule has 0 amide bonds. The van der Waals surface area contributed by atoms with E-state index in [1.165, 1.54) is 35.4 Å². The standard InChI is InChI=1S/C11H12N4O4S/c1-15-7-9(6-13-15)20(18,19)14-5-8-2-3-10(11(16)17)12-4-8/h2-4,6-7,14H,5H2,1H3,(H,16,17). The number of nitrogens with one attached hydrogen (secondary N) is 1. The topological polar surface area (TPSA) is 114 Å². The first-order valence-corrected chi connectivity index (χ1v) is 7.03. The lowest BCUT2D eigenvalue weighted by atomic mass is 10.2. The summed E-state index contributed by atoms with van der Waals surface area (Å²) >= 11 is 0. The van der Waals surface area contributed by atoms with Crippen LogP contribution in [0.4, 0.5) is 0 Å². The minimum Gasteiger partial charge on any atom is -0.477 e. The zero-order valence-electron chi connectivity index (χ0n) is 10.5. The third kappa shape index (κ3) is 3.19. The van der Waals surface area contributed by atoms with Crippen LogP contribution in [-0.2, 0) is 23.6 Å². The highest BCUT2D eigenvalue weighted by Crippen LogP contribution is 2.07. The van der Waals surface area contributed by atoms with E-state index in [-0.39, 0.29) is 17.1 Å². The number of hydrogen-bond acceptors (Lipinski definition) is 5. The van der Waals surface area contributed by atoms with E-state index in [2.05, 4.69) is 14.8 Å². The SMILES string of the molecule is Cn1cc(S(=O)(=O)NCc2ccc(C(=O)O)nc2)cn1. The summed E-state index contributed by atoms with van der Waals surface area (Å²) in [6.45, 7) is 0.0180. The molecule has 0 aliphatic carbocycles. The minimum absolute atomic E-state index is 0.0180. The Hall–Kier alpha value is -2.26. The fourth-order valence-corrected chi connectivity index (χ4v) is 2.46. The number of nitrogens with zero attached hydrogens (tertiary/aromatic N) is 3. The second kappa shape index (κ2) is 5.39. The van der Waals surface area contributed by atoms with Gasteiger partial charge in [-0.05, 0) is 11.6 Å². The predicted molar refractivity (Wildman–Crippen MR) is 68.4 cm³/mol. The first-order valence-electron chi connectivity index (χ1n) is 5.55. The van der Waals surface area contributed by atoms with Crippen LogP contribution in [0.15, 0.2) is 35.6 Å². The third-order valence-electron chi connectivity index (χ3n) is 2.50. The van der Waals surface area contributed by atoms with Crippen molar-refractivity contribution in [1.82, 2.24) is 19.5 Å². The Bertz CT molecular complexity index is 721. The van der Waals surface area contributed by atoms with Crippen molar-refractivity contribution in [3.05, 3.63) is 42.0 Å². The average molecular weight is 296 g/mol. The lowest BCUT2D eigenvalue weighted by Crippen LogP contribution is -2.23. The van der Waals surface area contributed by atoms with Gasteiger partial charge in [-0.15, -0.1) is 0 Å². The van der Waals surface area contributed by atoms with E-state index in [4.69, 9.17) is 5.11 Å². The fraction of sp³-hybridized carbons (Fsp3) is 0.182. The van der Waals surface area contributed by atoms with E-state index in [0.717, 1.165) is 0 Å². The first kappa shape index (κ1) is 14.2. The lowest BCUT2D eigenvalue weighted by Gasteiger charge is -2.04. The maximum Gasteiger partial charge on any atom is 0.354 e. The molecule has 0 aromatic carbocycles. The van der Waals surface area contributed by atoms with E-state index in [0.29, 0.717) is 5.56 Å². The van der Waals surface area contributed by atoms with Gasteiger partial charge in [0.15, 0.2) is 0 Å². The molecule has 2 rings (SSSR count). The highest BCUT2D eigenvalue weighted by atomic mass is 32.2. The molecule has 9 heteroatoms. The number of sulfonamides is 1. The summed E-state index contributed by atoms with van der Waals surface area (Å²) in [7, 11) is -2.02. The first-order chi connectivity index (χ1) is 9.38. The molecule has 0 saturated carbocycles. The lowest BCUT2D eigenvalue weighted by molar-refractivity contribution is 0.0690. The van der Waals surface area contributed by atoms with Crippen molar-refractivity contribution in [3.63, 3.8) is 0 Å². The van der Waals surface area contributed by atoms with Crippen molar-refractivity contribution in [1.29, 1.82) is 0 Å². The Kier molecular flexibility index (Phi) is 3.81. The zero-order valence-corrected chi connectivity index (χ0v) is 11.3. The number of rotatable bonds is 5. The second-order valence-corrected chi connectivity index (χ2v) is 5.80. The second-order valence-electron chi connectivity index (χ2n) is 4.03. The van der Waals surface area contributed by atoms with Gasteiger partial charge in [-0.25, -0.2) is 22.9 Å². The highest BCUT2D eigenvalue weighted by molar-refractivity contribution is 7.89. The van der Waals surface area contributed by atoms with Crippen LogP contribution in [0.1, 0.15) is 16.1 Å². The van der Waals surface area contributed by atoms with Gasteiger partial charge in [-0.1, -0.05) is 6.07 Å². The molecule has 106 valence electrons. The van der Waals surface area contributed by atoms with Gasteiger partial charge in [0, 0.05) is 26.0 Å². The van der Waals surface area contributed by atoms with Crippen molar-refractivity contribution in [2.24, 2.45) is 7.05 Å². The summed E-state index contributed by atoms with van der Waals surface area (Å²) in [5.41, 5.74) is 0.464. The van der Waals surface area contributed by atoms with E-state index in [9.17, 15) is 13.2 Å². The maximum absolute atomic E-state index is 11.9. The smallest absolute Gasteiger partial charge is 0.354 e. The highest BCUT2D eigenvalue weighted by Gasteiger charge is 2.15. The van der Waals surface area contributed by atoms with Crippen LogP contribution in [0, 0.1) is 0 Å². The molecule has 0 atom stereocenters. The van der Waals surface area contributed by atoms with Crippen LogP contribution in [0.2, 0.25) is 0 Å². The molecule has 0 radical (unpaired) electrons. The van der Waals surface area contributed by atoms with Crippen molar-refractivity contribution in [3.8, 4) is 0 Å². The largest absolute Gasteiger partial charge is 0.477 e. The van der Waals surface area contributed by atoms with Gasteiger partial charge in [0.05, 0.1) is 6.20 Å². The molecule has 0 spiro atoms. The van der Waals surface area contributed by atoms with Crippen LogP contribution in [0.5, 0.6) is 0 Å². The molecule has 0 aliphatic rings. The minimum atomic E-state index is -3.64. The molecule has 8 nitrogen and oxygen atoms in total. The number of aryl methyl sites for hydroxylation is 1. The molecule has 2 aromatic rings. The summed E-state index contributed by atoms with van der Waals surface area (Å²) in [4.78, 5) is 14.4. The molecule has 20 heavy (non-hydrogen) atoms. The summed E-state index contributed by atoms with van der Waals surface area (Å²) in [5.74, 6) is -1.13. The Labute approximate surface area is 115 Å². The molecule has 0 fully saturated rings. The zero-order chi connectivity index (χ0) is 14.8. The summed E-state index contributed by atoms with van der Waals surface area (Å²) in [6, 6.07) is 2.82. The Balaban J connectivity index is 2.06. The Morgan fingerprint density at radius 3 is 2.65 bits per heavy atom. The van der Waals surface area contributed by atoms with Gasteiger partial charge in [-0.2, -0.15) is 5.10 Å². The molecule has 2 aromatic heterocycles. The molecular weight excluding hydrogens is 284 g/mol. The van der Waals surface area contributed by atoms with E-state index in [1.807, 2.05) is 0 Å². The monoisotopic (exact) mass is 296 g/mol. The van der Waals surface area contributed by atoms with Crippen molar-refractivity contribution >= 4 is 16.0 Å². The normalized spacial score (nSPS) is 11.4. The quantitative estimate of drug-likeness (QED) is 0.802. The van der Waals surface area contributed by atoms with E-state index in [1.54, 1.807) is 7.05 Å². The summed E-state index contributed by atoms with van der Waals surface area (Å²) < 4.78 is 27.6. The van der Waals surface area contributed by atoms with Crippen molar-refractivity contribution in [2.75, 3.05) is 0 Å². The Morgan fingerprint density at radius 2 is 2.15 bits per heavy atom. The van der Waals surface area contributed by atoms with E-state index >= 15 is 0 Å². The van der Waals surface area contributed by atoms with Crippen LogP contribution >= 0.6 is 0 Å². The molecule has 0 aliphatic heterocycles. The van der Waals surface area contributed by atoms with E-state index < -0.39 is 16.0 Å². The number of carbonyl (C=O) groups is 1. The van der Waals surface area contributed by atoms with Gasteiger partial charge >= 0.3 is 5.97 Å². The fourth-order valence-electron chi connectivity index (χ4n) is 1.45.